The number of rotatable bonds is 4. The molecule has 6 nitrogen and oxygen atoms in total. The van der Waals surface area contributed by atoms with Crippen LogP contribution in [0.3, 0.4) is 0 Å². The Labute approximate surface area is 106 Å². The SMILES string of the molecule is Cc1nc2ccc(CNS(=O)(=O)N(C)C)cc2o1. The lowest BCUT2D eigenvalue weighted by Crippen LogP contribution is -2.35. The van der Waals surface area contributed by atoms with Gasteiger partial charge in [0.2, 0.25) is 0 Å². The third-order valence-electron chi connectivity index (χ3n) is 2.50. The molecule has 0 saturated heterocycles. The van der Waals surface area contributed by atoms with E-state index in [1.807, 2.05) is 12.1 Å². The molecule has 0 amide bonds. The second kappa shape index (κ2) is 4.68. The minimum absolute atomic E-state index is 0.218. The highest BCUT2D eigenvalue weighted by Gasteiger charge is 2.12. The van der Waals surface area contributed by atoms with Gasteiger partial charge < -0.3 is 4.42 Å². The van der Waals surface area contributed by atoms with E-state index in [1.54, 1.807) is 13.0 Å². The minimum Gasteiger partial charge on any atom is -0.441 e. The Balaban J connectivity index is 2.17. The van der Waals surface area contributed by atoms with E-state index in [9.17, 15) is 8.42 Å². The molecule has 98 valence electrons. The maximum atomic E-state index is 11.6. The number of benzene rings is 1. The smallest absolute Gasteiger partial charge is 0.279 e. The fraction of sp³-hybridized carbons (Fsp3) is 0.364. The van der Waals surface area contributed by atoms with Crippen molar-refractivity contribution in [2.45, 2.75) is 13.5 Å². The van der Waals surface area contributed by atoms with Crippen molar-refractivity contribution in [3.05, 3.63) is 29.7 Å². The van der Waals surface area contributed by atoms with Gasteiger partial charge in [0.15, 0.2) is 11.5 Å². The molecule has 0 aliphatic carbocycles. The van der Waals surface area contributed by atoms with Gasteiger partial charge in [0.05, 0.1) is 0 Å². The van der Waals surface area contributed by atoms with E-state index in [4.69, 9.17) is 4.42 Å². The summed E-state index contributed by atoms with van der Waals surface area (Å²) < 4.78 is 32.1. The third kappa shape index (κ3) is 2.69. The van der Waals surface area contributed by atoms with Gasteiger partial charge in [-0.15, -0.1) is 0 Å². The predicted molar refractivity (Wildman–Crippen MR) is 68.2 cm³/mol. The Morgan fingerprint density at radius 3 is 2.78 bits per heavy atom. The van der Waals surface area contributed by atoms with Crippen molar-refractivity contribution in [1.82, 2.24) is 14.0 Å². The molecular formula is C11H15N3O3S. The van der Waals surface area contributed by atoms with Crippen LogP contribution in [0.5, 0.6) is 0 Å². The number of aromatic nitrogens is 1. The summed E-state index contributed by atoms with van der Waals surface area (Å²) in [6, 6.07) is 5.42. The van der Waals surface area contributed by atoms with Gasteiger partial charge in [0.1, 0.15) is 5.52 Å². The fourth-order valence-corrected chi connectivity index (χ4v) is 2.11. The largest absolute Gasteiger partial charge is 0.441 e. The van der Waals surface area contributed by atoms with Crippen molar-refractivity contribution < 1.29 is 12.8 Å². The first-order valence-corrected chi connectivity index (χ1v) is 6.86. The Bertz CT molecular complexity index is 661. The van der Waals surface area contributed by atoms with E-state index in [1.165, 1.54) is 14.1 Å². The Kier molecular flexibility index (Phi) is 3.38. The van der Waals surface area contributed by atoms with E-state index < -0.39 is 10.2 Å². The van der Waals surface area contributed by atoms with Gasteiger partial charge in [-0.05, 0) is 17.7 Å². The van der Waals surface area contributed by atoms with Gasteiger partial charge in [-0.25, -0.2) is 4.98 Å². The van der Waals surface area contributed by atoms with Crippen LogP contribution in [0.4, 0.5) is 0 Å². The quantitative estimate of drug-likeness (QED) is 0.899. The lowest BCUT2D eigenvalue weighted by atomic mass is 10.2. The van der Waals surface area contributed by atoms with Crippen LogP contribution in [0.25, 0.3) is 11.1 Å². The van der Waals surface area contributed by atoms with Crippen molar-refractivity contribution in [2.75, 3.05) is 14.1 Å². The fourth-order valence-electron chi connectivity index (χ4n) is 1.50. The summed E-state index contributed by atoms with van der Waals surface area (Å²) in [7, 11) is -0.452. The summed E-state index contributed by atoms with van der Waals surface area (Å²) in [4.78, 5) is 4.18. The molecule has 0 aliphatic heterocycles. The molecule has 1 heterocycles. The lowest BCUT2D eigenvalue weighted by Gasteiger charge is -2.12. The van der Waals surface area contributed by atoms with Crippen molar-refractivity contribution >= 4 is 21.3 Å². The van der Waals surface area contributed by atoms with Crippen LogP contribution in [0.1, 0.15) is 11.5 Å². The molecule has 0 radical (unpaired) electrons. The van der Waals surface area contributed by atoms with Crippen LogP contribution in [0.15, 0.2) is 22.6 Å². The third-order valence-corrected chi connectivity index (χ3v) is 3.97. The molecule has 2 rings (SSSR count). The first kappa shape index (κ1) is 13.0. The van der Waals surface area contributed by atoms with Gasteiger partial charge in [-0.1, -0.05) is 6.07 Å². The molecule has 0 atom stereocenters. The topological polar surface area (TPSA) is 75.4 Å². The van der Waals surface area contributed by atoms with Gasteiger partial charge in [0.25, 0.3) is 10.2 Å². The van der Waals surface area contributed by atoms with Crippen LogP contribution < -0.4 is 4.72 Å². The Hall–Kier alpha value is -1.44. The molecule has 0 bridgehead atoms. The second-order valence-corrected chi connectivity index (χ2v) is 6.11. The summed E-state index contributed by atoms with van der Waals surface area (Å²) in [5.41, 5.74) is 2.25. The van der Waals surface area contributed by atoms with Crippen LogP contribution >= 0.6 is 0 Å². The Morgan fingerprint density at radius 1 is 1.39 bits per heavy atom. The Morgan fingerprint density at radius 2 is 2.11 bits per heavy atom. The zero-order chi connectivity index (χ0) is 13.3. The molecule has 2 aromatic rings. The first-order chi connectivity index (χ1) is 8.38. The molecule has 1 aromatic heterocycles. The minimum atomic E-state index is -3.41. The zero-order valence-electron chi connectivity index (χ0n) is 10.5. The maximum Gasteiger partial charge on any atom is 0.279 e. The predicted octanol–water partition coefficient (Wildman–Crippen LogP) is 1.03. The normalized spacial score (nSPS) is 12.4. The van der Waals surface area contributed by atoms with E-state index in [2.05, 4.69) is 9.71 Å². The summed E-state index contributed by atoms with van der Waals surface area (Å²) in [6.45, 7) is 1.99. The van der Waals surface area contributed by atoms with Crippen molar-refractivity contribution in [3.8, 4) is 0 Å². The lowest BCUT2D eigenvalue weighted by molar-refractivity contribution is 0.505. The van der Waals surface area contributed by atoms with Crippen molar-refractivity contribution in [2.24, 2.45) is 0 Å². The van der Waals surface area contributed by atoms with Crippen LogP contribution in [-0.4, -0.2) is 31.8 Å². The highest BCUT2D eigenvalue weighted by atomic mass is 32.2. The molecule has 0 spiro atoms. The van der Waals surface area contributed by atoms with Crippen molar-refractivity contribution in [3.63, 3.8) is 0 Å². The molecule has 1 N–H and O–H groups in total. The summed E-state index contributed by atoms with van der Waals surface area (Å²) in [5.74, 6) is 0.594. The molecule has 0 saturated carbocycles. The summed E-state index contributed by atoms with van der Waals surface area (Å²) >= 11 is 0. The number of fused-ring (bicyclic) bond motifs is 1. The number of oxazole rings is 1. The van der Waals surface area contributed by atoms with E-state index in [-0.39, 0.29) is 6.54 Å². The molecule has 7 heteroatoms. The van der Waals surface area contributed by atoms with E-state index in [0.29, 0.717) is 11.5 Å². The molecule has 0 aliphatic rings. The van der Waals surface area contributed by atoms with Gasteiger partial charge in [0, 0.05) is 27.6 Å². The molecule has 0 unspecified atom stereocenters. The second-order valence-electron chi connectivity index (χ2n) is 4.14. The van der Waals surface area contributed by atoms with Crippen LogP contribution in [-0.2, 0) is 16.8 Å². The first-order valence-electron chi connectivity index (χ1n) is 5.42. The van der Waals surface area contributed by atoms with E-state index in [0.717, 1.165) is 15.4 Å². The van der Waals surface area contributed by atoms with E-state index >= 15 is 0 Å². The molecule has 0 fully saturated rings. The van der Waals surface area contributed by atoms with Gasteiger partial charge in [-0.3, -0.25) is 0 Å². The number of nitrogens with one attached hydrogen (secondary N) is 1. The number of nitrogens with zero attached hydrogens (tertiary/aromatic N) is 2. The highest BCUT2D eigenvalue weighted by Crippen LogP contribution is 2.16. The molecule has 1 aromatic carbocycles. The van der Waals surface area contributed by atoms with Crippen molar-refractivity contribution in [1.29, 1.82) is 0 Å². The zero-order valence-corrected chi connectivity index (χ0v) is 11.3. The van der Waals surface area contributed by atoms with Gasteiger partial charge >= 0.3 is 0 Å². The molecule has 18 heavy (non-hydrogen) atoms. The van der Waals surface area contributed by atoms with Gasteiger partial charge in [-0.2, -0.15) is 17.4 Å². The highest BCUT2D eigenvalue weighted by molar-refractivity contribution is 7.87. The van der Waals surface area contributed by atoms with Crippen LogP contribution in [0, 0.1) is 6.92 Å². The maximum absolute atomic E-state index is 11.6. The van der Waals surface area contributed by atoms with Crippen LogP contribution in [0.2, 0.25) is 0 Å². The number of hydrogen-bond donors (Lipinski definition) is 1. The standard InChI is InChI=1S/C11H15N3O3S/c1-8-13-10-5-4-9(6-11(10)17-8)7-12-18(15,16)14(2)3/h4-6,12H,7H2,1-3H3. The number of hydrogen-bond acceptors (Lipinski definition) is 4. The monoisotopic (exact) mass is 269 g/mol. The molecular weight excluding hydrogens is 254 g/mol. The number of aryl methyl sites for hydroxylation is 1. The summed E-state index contributed by atoms with van der Waals surface area (Å²) in [6.07, 6.45) is 0. The summed E-state index contributed by atoms with van der Waals surface area (Å²) in [5, 5.41) is 0. The average Bonchev–Trinajstić information content (AvgIpc) is 2.65. The average molecular weight is 269 g/mol.